The maximum Gasteiger partial charge on any atom is 0.210 e. The van der Waals surface area contributed by atoms with Crippen molar-refractivity contribution in [3.8, 4) is 5.75 Å². The molecule has 85 valence electrons. The molecular formula is C14H17O2. The molecule has 16 heavy (non-hydrogen) atoms. The summed E-state index contributed by atoms with van der Waals surface area (Å²) in [5.41, 5.74) is 1.21. The number of hydrogen-bond acceptors (Lipinski definition) is 2. The van der Waals surface area contributed by atoms with E-state index in [1.54, 1.807) is 0 Å². The van der Waals surface area contributed by atoms with Crippen LogP contribution in [0.3, 0.4) is 0 Å². The summed E-state index contributed by atoms with van der Waals surface area (Å²) in [5, 5.41) is 0. The Labute approximate surface area is 96.6 Å². The van der Waals surface area contributed by atoms with Crippen molar-refractivity contribution in [1.82, 2.24) is 0 Å². The normalized spacial score (nSPS) is 27.2. The number of fused-ring (bicyclic) bond motifs is 1. The predicted octanol–water partition coefficient (Wildman–Crippen LogP) is 3.11. The molecule has 1 atom stereocenters. The molecule has 1 spiro atoms. The first-order valence-electron chi connectivity index (χ1n) is 6.05. The lowest BCUT2D eigenvalue weighted by atomic mass is 10.1. The van der Waals surface area contributed by atoms with Crippen LogP contribution in [-0.2, 0) is 11.2 Å². The third kappa shape index (κ3) is 1.71. The van der Waals surface area contributed by atoms with Crippen molar-refractivity contribution in [2.45, 2.75) is 44.0 Å². The van der Waals surface area contributed by atoms with Crippen LogP contribution in [0.5, 0.6) is 5.75 Å². The molecule has 1 aromatic rings. The van der Waals surface area contributed by atoms with E-state index in [1.807, 2.05) is 18.2 Å². The van der Waals surface area contributed by atoms with E-state index in [0.29, 0.717) is 0 Å². The molecule has 1 unspecified atom stereocenters. The van der Waals surface area contributed by atoms with E-state index in [4.69, 9.17) is 9.47 Å². The van der Waals surface area contributed by atoms with Gasteiger partial charge in [-0.3, -0.25) is 0 Å². The van der Waals surface area contributed by atoms with E-state index in [9.17, 15) is 0 Å². The highest BCUT2D eigenvalue weighted by Crippen LogP contribution is 2.40. The second kappa shape index (κ2) is 3.77. The summed E-state index contributed by atoms with van der Waals surface area (Å²) in [6.45, 7) is 4.07. The third-order valence-electron chi connectivity index (χ3n) is 3.46. The van der Waals surface area contributed by atoms with Gasteiger partial charge in [-0.1, -0.05) is 18.2 Å². The molecule has 1 aliphatic heterocycles. The first-order valence-corrected chi connectivity index (χ1v) is 6.05. The van der Waals surface area contributed by atoms with E-state index < -0.39 is 0 Å². The highest BCUT2D eigenvalue weighted by Gasteiger charge is 2.40. The van der Waals surface area contributed by atoms with Gasteiger partial charge in [0, 0.05) is 19.3 Å². The summed E-state index contributed by atoms with van der Waals surface area (Å²) in [7, 11) is 0. The third-order valence-corrected chi connectivity index (χ3v) is 3.46. The summed E-state index contributed by atoms with van der Waals surface area (Å²) >= 11 is 0. The maximum atomic E-state index is 6.11. The molecule has 2 aliphatic rings. The number of hydrogen-bond donors (Lipinski definition) is 0. The molecule has 0 N–H and O–H groups in total. The minimum absolute atomic E-state index is 0.00162. The van der Waals surface area contributed by atoms with Crippen LogP contribution >= 0.6 is 0 Å². The molecule has 1 fully saturated rings. The van der Waals surface area contributed by atoms with Crippen molar-refractivity contribution in [1.29, 1.82) is 0 Å². The predicted molar refractivity (Wildman–Crippen MR) is 62.2 cm³/mol. The molecule has 0 bridgehead atoms. The van der Waals surface area contributed by atoms with Crippen LogP contribution in [0, 0.1) is 6.92 Å². The lowest BCUT2D eigenvalue weighted by Crippen LogP contribution is -2.37. The standard InChI is InChI=1S/C14H17O2/c1-11-10-12-6-2-3-7-13(12)16-14(15-11)8-4-5-9-14/h2-3,6-7,11H,1,4-5,8-10H2. The summed E-state index contributed by atoms with van der Waals surface area (Å²) < 4.78 is 12.1. The van der Waals surface area contributed by atoms with Crippen LogP contribution < -0.4 is 4.74 Å². The average molecular weight is 217 g/mol. The SMILES string of the molecule is [CH2]C1Cc2ccccc2OC2(CCCC2)O1. The molecule has 1 radical (unpaired) electrons. The molecule has 0 amide bonds. The van der Waals surface area contributed by atoms with Crippen LogP contribution in [0.2, 0.25) is 0 Å². The smallest absolute Gasteiger partial charge is 0.210 e. The van der Waals surface area contributed by atoms with Gasteiger partial charge in [-0.15, -0.1) is 0 Å². The first kappa shape index (κ1) is 10.2. The highest BCUT2D eigenvalue weighted by atomic mass is 16.7. The van der Waals surface area contributed by atoms with Gasteiger partial charge in [0.25, 0.3) is 0 Å². The summed E-state index contributed by atoms with van der Waals surface area (Å²) in [6.07, 6.45) is 5.21. The molecule has 2 heteroatoms. The number of rotatable bonds is 0. The fourth-order valence-electron chi connectivity index (χ4n) is 2.72. The summed E-state index contributed by atoms with van der Waals surface area (Å²) in [5.74, 6) is 0.592. The minimum atomic E-state index is -0.390. The van der Waals surface area contributed by atoms with Gasteiger partial charge >= 0.3 is 0 Å². The zero-order valence-electron chi connectivity index (χ0n) is 9.45. The second-order valence-electron chi connectivity index (χ2n) is 4.77. The van der Waals surface area contributed by atoms with Gasteiger partial charge in [-0.2, -0.15) is 0 Å². The Morgan fingerprint density at radius 1 is 1.19 bits per heavy atom. The van der Waals surface area contributed by atoms with Gasteiger partial charge in [0.1, 0.15) is 5.75 Å². The van der Waals surface area contributed by atoms with Crippen LogP contribution in [0.15, 0.2) is 24.3 Å². The zero-order valence-corrected chi connectivity index (χ0v) is 9.45. The Balaban J connectivity index is 1.97. The molecule has 1 heterocycles. The van der Waals surface area contributed by atoms with Crippen molar-refractivity contribution in [2.75, 3.05) is 0 Å². The Hall–Kier alpha value is -1.02. The van der Waals surface area contributed by atoms with Gasteiger partial charge < -0.3 is 9.47 Å². The van der Waals surface area contributed by atoms with Gasteiger partial charge in [-0.25, -0.2) is 0 Å². The topological polar surface area (TPSA) is 18.5 Å². The molecular weight excluding hydrogens is 200 g/mol. The monoisotopic (exact) mass is 217 g/mol. The van der Waals surface area contributed by atoms with Crippen LogP contribution in [-0.4, -0.2) is 11.9 Å². The van der Waals surface area contributed by atoms with Crippen LogP contribution in [0.4, 0.5) is 0 Å². The minimum Gasteiger partial charge on any atom is -0.462 e. The van der Waals surface area contributed by atoms with Crippen molar-refractivity contribution < 1.29 is 9.47 Å². The van der Waals surface area contributed by atoms with E-state index >= 15 is 0 Å². The van der Waals surface area contributed by atoms with Gasteiger partial charge in [-0.05, 0) is 31.4 Å². The Bertz CT molecular complexity index is 380. The summed E-state index contributed by atoms with van der Waals surface area (Å²) in [6, 6.07) is 8.20. The van der Waals surface area contributed by atoms with Crippen molar-refractivity contribution in [3.05, 3.63) is 36.8 Å². The lowest BCUT2D eigenvalue weighted by molar-refractivity contribution is -0.190. The average Bonchev–Trinajstić information content (AvgIpc) is 2.62. The van der Waals surface area contributed by atoms with Crippen molar-refractivity contribution in [3.63, 3.8) is 0 Å². The van der Waals surface area contributed by atoms with Gasteiger partial charge in [0.15, 0.2) is 0 Å². The van der Waals surface area contributed by atoms with E-state index in [2.05, 4.69) is 13.0 Å². The number of para-hydroxylation sites is 1. The maximum absolute atomic E-state index is 6.11. The molecule has 2 nitrogen and oxygen atoms in total. The Morgan fingerprint density at radius 2 is 1.94 bits per heavy atom. The fraction of sp³-hybridized carbons (Fsp3) is 0.500. The van der Waals surface area contributed by atoms with Crippen molar-refractivity contribution in [2.24, 2.45) is 0 Å². The first-order chi connectivity index (χ1) is 7.77. The van der Waals surface area contributed by atoms with Gasteiger partial charge in [0.05, 0.1) is 6.10 Å². The molecule has 1 saturated carbocycles. The van der Waals surface area contributed by atoms with E-state index in [1.165, 1.54) is 18.4 Å². The summed E-state index contributed by atoms with van der Waals surface area (Å²) in [4.78, 5) is 0. The molecule has 0 saturated heterocycles. The molecule has 0 aromatic heterocycles. The quantitative estimate of drug-likeness (QED) is 0.664. The Kier molecular flexibility index (Phi) is 2.40. The van der Waals surface area contributed by atoms with Crippen LogP contribution in [0.25, 0.3) is 0 Å². The molecule has 1 aromatic carbocycles. The molecule has 3 rings (SSSR count). The van der Waals surface area contributed by atoms with Crippen molar-refractivity contribution >= 4 is 0 Å². The highest BCUT2D eigenvalue weighted by molar-refractivity contribution is 5.35. The molecule has 1 aliphatic carbocycles. The number of ether oxygens (including phenoxy) is 2. The van der Waals surface area contributed by atoms with E-state index in [0.717, 1.165) is 25.0 Å². The zero-order chi connectivity index (χ0) is 11.0. The second-order valence-corrected chi connectivity index (χ2v) is 4.77. The van der Waals surface area contributed by atoms with E-state index in [-0.39, 0.29) is 11.9 Å². The number of benzene rings is 1. The largest absolute Gasteiger partial charge is 0.462 e. The Morgan fingerprint density at radius 3 is 2.75 bits per heavy atom. The fourth-order valence-corrected chi connectivity index (χ4v) is 2.72. The van der Waals surface area contributed by atoms with Crippen LogP contribution in [0.1, 0.15) is 31.2 Å². The lowest BCUT2D eigenvalue weighted by Gasteiger charge is -2.30. The van der Waals surface area contributed by atoms with Gasteiger partial charge in [0.2, 0.25) is 5.79 Å².